The molecule has 0 atom stereocenters. The summed E-state index contributed by atoms with van der Waals surface area (Å²) < 4.78 is 5.88. The van der Waals surface area contributed by atoms with Gasteiger partial charge in [0.1, 0.15) is 10.8 Å². The van der Waals surface area contributed by atoms with E-state index in [9.17, 15) is 9.59 Å². The largest absolute Gasteiger partial charge is 0.439 e. The van der Waals surface area contributed by atoms with Crippen molar-refractivity contribution in [1.82, 2.24) is 20.1 Å². The maximum absolute atomic E-state index is 12.7. The first kappa shape index (κ1) is 18.9. The van der Waals surface area contributed by atoms with Crippen LogP contribution in [0.2, 0.25) is 5.02 Å². The van der Waals surface area contributed by atoms with Crippen molar-refractivity contribution < 1.29 is 9.53 Å². The average molecular weight is 412 g/mol. The molecule has 3 aromatic rings. The van der Waals surface area contributed by atoms with Crippen LogP contribution in [0.5, 0.6) is 11.6 Å². The molecule has 29 heavy (non-hydrogen) atoms. The van der Waals surface area contributed by atoms with Crippen molar-refractivity contribution >= 4 is 23.2 Å². The lowest BCUT2D eigenvalue weighted by Gasteiger charge is -2.35. The van der Waals surface area contributed by atoms with Gasteiger partial charge in [-0.2, -0.15) is 5.10 Å². The van der Waals surface area contributed by atoms with Crippen LogP contribution in [0.25, 0.3) is 0 Å². The second-order valence-electron chi connectivity index (χ2n) is 6.52. The first-order valence-electron chi connectivity index (χ1n) is 9.04. The summed E-state index contributed by atoms with van der Waals surface area (Å²) >= 11 is 6.06. The number of hydrogen-bond acceptors (Lipinski definition) is 6. The molecule has 0 saturated carbocycles. The Kier molecular flexibility index (Phi) is 5.44. The Bertz CT molecular complexity index is 1070. The summed E-state index contributed by atoms with van der Waals surface area (Å²) in [7, 11) is 0. The first-order chi connectivity index (χ1) is 14.1. The van der Waals surface area contributed by atoms with Crippen LogP contribution in [-0.2, 0) is 11.3 Å². The number of aromatic amines is 1. The van der Waals surface area contributed by atoms with Gasteiger partial charge in [0.15, 0.2) is 0 Å². The van der Waals surface area contributed by atoms with Crippen LogP contribution in [0.1, 0.15) is 5.56 Å². The van der Waals surface area contributed by atoms with Gasteiger partial charge in [-0.25, -0.2) is 10.1 Å². The van der Waals surface area contributed by atoms with Gasteiger partial charge < -0.3 is 14.5 Å². The van der Waals surface area contributed by atoms with Gasteiger partial charge in [-0.3, -0.25) is 9.59 Å². The number of piperazine rings is 1. The molecule has 0 spiro atoms. The smallest absolute Gasteiger partial charge is 0.285 e. The number of para-hydroxylation sites is 1. The van der Waals surface area contributed by atoms with E-state index in [0.717, 1.165) is 5.56 Å². The van der Waals surface area contributed by atoms with E-state index in [2.05, 4.69) is 15.2 Å². The van der Waals surface area contributed by atoms with Crippen LogP contribution in [0.15, 0.2) is 59.7 Å². The van der Waals surface area contributed by atoms with E-state index < -0.39 is 5.56 Å². The molecule has 1 fully saturated rings. The lowest BCUT2D eigenvalue weighted by molar-refractivity contribution is -0.131. The summed E-state index contributed by atoms with van der Waals surface area (Å²) in [6.45, 7) is 1.50. The molecule has 148 valence electrons. The highest BCUT2D eigenvalue weighted by molar-refractivity contribution is 6.33. The SMILES string of the molecule is O=C1CN(c2cn[nH]c(=O)c2Cl)CCN1Cc1cccnc1Oc1ccccc1. The number of nitrogens with zero attached hydrogens (tertiary/aromatic N) is 4. The molecule has 1 amide bonds. The van der Waals surface area contributed by atoms with E-state index in [1.54, 1.807) is 16.0 Å². The highest BCUT2D eigenvalue weighted by Crippen LogP contribution is 2.26. The highest BCUT2D eigenvalue weighted by Gasteiger charge is 2.27. The van der Waals surface area contributed by atoms with Gasteiger partial charge in [0.2, 0.25) is 11.8 Å². The molecule has 0 aliphatic carbocycles. The number of halogens is 1. The van der Waals surface area contributed by atoms with Gasteiger partial charge in [0.25, 0.3) is 5.56 Å². The molecular formula is C20H18ClN5O3. The second-order valence-corrected chi connectivity index (χ2v) is 6.90. The highest BCUT2D eigenvalue weighted by atomic mass is 35.5. The summed E-state index contributed by atoms with van der Waals surface area (Å²) in [4.78, 5) is 32.2. The lowest BCUT2D eigenvalue weighted by Crippen LogP contribution is -2.50. The molecule has 4 rings (SSSR count). The minimum atomic E-state index is -0.475. The Balaban J connectivity index is 1.47. The Hall–Kier alpha value is -3.39. The molecule has 0 bridgehead atoms. The number of carbonyl (C=O) groups is 1. The van der Waals surface area contributed by atoms with Gasteiger partial charge in [-0.15, -0.1) is 0 Å². The third-order valence-corrected chi connectivity index (χ3v) is 4.97. The quantitative estimate of drug-likeness (QED) is 0.693. The maximum atomic E-state index is 12.7. The number of carbonyl (C=O) groups excluding carboxylic acids is 1. The third-order valence-electron chi connectivity index (χ3n) is 4.61. The molecule has 1 aromatic carbocycles. The van der Waals surface area contributed by atoms with Gasteiger partial charge in [-0.05, 0) is 18.2 Å². The minimum Gasteiger partial charge on any atom is -0.439 e. The van der Waals surface area contributed by atoms with Gasteiger partial charge >= 0.3 is 0 Å². The second kappa shape index (κ2) is 8.32. The Morgan fingerprint density at radius 3 is 2.72 bits per heavy atom. The maximum Gasteiger partial charge on any atom is 0.285 e. The van der Waals surface area contributed by atoms with Gasteiger partial charge in [0.05, 0.1) is 25.0 Å². The molecule has 0 radical (unpaired) electrons. The topological polar surface area (TPSA) is 91.4 Å². The molecule has 2 aromatic heterocycles. The normalized spacial score (nSPS) is 14.2. The van der Waals surface area contributed by atoms with Crippen LogP contribution >= 0.6 is 11.6 Å². The number of nitrogens with one attached hydrogen (secondary N) is 1. The van der Waals surface area contributed by atoms with Crippen LogP contribution < -0.4 is 15.2 Å². The monoisotopic (exact) mass is 411 g/mol. The molecule has 1 aliphatic rings. The van der Waals surface area contributed by atoms with E-state index in [-0.39, 0.29) is 17.5 Å². The molecule has 1 N–H and O–H groups in total. The number of hydrogen-bond donors (Lipinski definition) is 1. The van der Waals surface area contributed by atoms with Crippen LogP contribution in [0.4, 0.5) is 5.69 Å². The number of anilines is 1. The zero-order valence-corrected chi connectivity index (χ0v) is 16.2. The van der Waals surface area contributed by atoms with E-state index in [0.29, 0.717) is 37.0 Å². The van der Waals surface area contributed by atoms with E-state index in [1.165, 1.54) is 6.20 Å². The fourth-order valence-electron chi connectivity index (χ4n) is 3.12. The molecule has 1 saturated heterocycles. The predicted molar refractivity (Wildman–Crippen MR) is 108 cm³/mol. The predicted octanol–water partition coefficient (Wildman–Crippen LogP) is 2.46. The fraction of sp³-hybridized carbons (Fsp3) is 0.200. The van der Waals surface area contributed by atoms with E-state index in [4.69, 9.17) is 16.3 Å². The fourth-order valence-corrected chi connectivity index (χ4v) is 3.33. The number of benzene rings is 1. The number of ether oxygens (including phenoxy) is 1. The molecule has 9 heteroatoms. The number of H-pyrrole nitrogens is 1. The average Bonchev–Trinajstić information content (AvgIpc) is 2.74. The molecule has 0 unspecified atom stereocenters. The summed E-state index contributed by atoms with van der Waals surface area (Å²) in [5.41, 5.74) is 0.795. The lowest BCUT2D eigenvalue weighted by atomic mass is 10.2. The molecule has 3 heterocycles. The third kappa shape index (κ3) is 4.22. The standard InChI is InChI=1S/C20H18ClN5O3/c21-18-16(11-23-24-19(18)28)25-9-10-26(17(27)13-25)12-14-5-4-8-22-20(14)29-15-6-2-1-3-7-15/h1-8,11H,9-10,12-13H2,(H,24,28). The Morgan fingerprint density at radius 2 is 1.93 bits per heavy atom. The van der Waals surface area contributed by atoms with Crippen LogP contribution in [0.3, 0.4) is 0 Å². The number of rotatable bonds is 5. The summed E-state index contributed by atoms with van der Waals surface area (Å²) in [6, 6.07) is 13.1. The van der Waals surface area contributed by atoms with Crippen molar-refractivity contribution in [3.63, 3.8) is 0 Å². The number of aromatic nitrogens is 3. The van der Waals surface area contributed by atoms with Crippen molar-refractivity contribution in [2.45, 2.75) is 6.54 Å². The van der Waals surface area contributed by atoms with E-state index in [1.807, 2.05) is 42.5 Å². The number of pyridine rings is 1. The Morgan fingerprint density at radius 1 is 1.10 bits per heavy atom. The summed E-state index contributed by atoms with van der Waals surface area (Å²) in [6.07, 6.45) is 3.11. The summed E-state index contributed by atoms with van der Waals surface area (Å²) in [5, 5.41) is 6.08. The Labute approximate surface area is 171 Å². The molecular weight excluding hydrogens is 394 g/mol. The zero-order chi connectivity index (χ0) is 20.2. The van der Waals surface area contributed by atoms with Gasteiger partial charge in [-0.1, -0.05) is 35.9 Å². The zero-order valence-electron chi connectivity index (χ0n) is 15.4. The van der Waals surface area contributed by atoms with E-state index >= 15 is 0 Å². The first-order valence-corrected chi connectivity index (χ1v) is 9.42. The van der Waals surface area contributed by atoms with Crippen molar-refractivity contribution in [1.29, 1.82) is 0 Å². The number of amides is 1. The van der Waals surface area contributed by atoms with Crippen molar-refractivity contribution in [3.8, 4) is 11.6 Å². The van der Waals surface area contributed by atoms with Crippen LogP contribution in [0, 0.1) is 0 Å². The molecule has 8 nitrogen and oxygen atoms in total. The van der Waals surface area contributed by atoms with Crippen molar-refractivity contribution in [2.24, 2.45) is 0 Å². The minimum absolute atomic E-state index is 0.0343. The molecule has 1 aliphatic heterocycles. The van der Waals surface area contributed by atoms with Gasteiger partial charge in [0, 0.05) is 24.8 Å². The van der Waals surface area contributed by atoms with Crippen molar-refractivity contribution in [3.05, 3.63) is 75.8 Å². The van der Waals surface area contributed by atoms with Crippen LogP contribution in [-0.4, -0.2) is 45.6 Å². The summed E-state index contributed by atoms with van der Waals surface area (Å²) in [5.74, 6) is 1.07. The van der Waals surface area contributed by atoms with Crippen molar-refractivity contribution in [2.75, 3.05) is 24.5 Å².